The lowest BCUT2D eigenvalue weighted by Crippen LogP contribution is -2.62. The van der Waals surface area contributed by atoms with Crippen LogP contribution < -0.4 is 10.6 Å². The number of anilines is 2. The molecular weight excluding hydrogens is 490 g/mol. The van der Waals surface area contributed by atoms with Gasteiger partial charge >= 0.3 is 0 Å². The van der Waals surface area contributed by atoms with E-state index >= 15 is 0 Å². The Morgan fingerprint density at radius 1 is 1.19 bits per heavy atom. The molecule has 3 aromatic rings. The number of likely N-dealkylation sites (tertiary alicyclic amines) is 1. The molecule has 5 heterocycles. The monoisotopic (exact) mass is 523 g/mol. The standard InChI is InChI=1S/C26H34ClN9O/c1-4-18-15-35(25-17(3)32-21(13-31-25)24-29-9-10-30-24)16(2)14-36(18)19-7-11-34(12-8-19)26(37)20-5-6-22(27)33-23(20)28/h5-6,9-10,13,16,18-19H,4,7-8,11-12,14-15H2,1-3H3,(H2,28,33)(H,29,30)/t16-,18+/m1/s1. The summed E-state index contributed by atoms with van der Waals surface area (Å²) < 4.78 is 0. The molecule has 37 heavy (non-hydrogen) atoms. The maximum atomic E-state index is 13.0. The van der Waals surface area contributed by atoms with E-state index in [9.17, 15) is 4.79 Å². The Balaban J connectivity index is 1.24. The zero-order valence-corrected chi connectivity index (χ0v) is 22.3. The molecule has 2 aliphatic rings. The summed E-state index contributed by atoms with van der Waals surface area (Å²) in [5.74, 6) is 1.78. The number of H-pyrrole nitrogens is 1. The number of aromatic nitrogens is 5. The third-order valence-electron chi connectivity index (χ3n) is 7.63. The number of aryl methyl sites for hydroxylation is 1. The Morgan fingerprint density at radius 2 is 1.97 bits per heavy atom. The normalized spacial score (nSPS) is 21.4. The molecule has 196 valence electrons. The number of amides is 1. The van der Waals surface area contributed by atoms with Gasteiger partial charge in [0.1, 0.15) is 22.5 Å². The summed E-state index contributed by atoms with van der Waals surface area (Å²) >= 11 is 5.90. The second-order valence-corrected chi connectivity index (χ2v) is 10.3. The minimum absolute atomic E-state index is 0.0719. The number of nitrogens with two attached hydrogens (primary N) is 1. The summed E-state index contributed by atoms with van der Waals surface area (Å²) in [6.45, 7) is 9.79. The minimum atomic E-state index is -0.0719. The van der Waals surface area contributed by atoms with Gasteiger partial charge in [-0.3, -0.25) is 9.69 Å². The number of hydrogen-bond acceptors (Lipinski definition) is 8. The van der Waals surface area contributed by atoms with Crippen LogP contribution in [0.5, 0.6) is 0 Å². The van der Waals surface area contributed by atoms with Crippen molar-refractivity contribution in [2.45, 2.75) is 58.2 Å². The quantitative estimate of drug-likeness (QED) is 0.488. The van der Waals surface area contributed by atoms with Crippen molar-refractivity contribution in [2.24, 2.45) is 0 Å². The summed E-state index contributed by atoms with van der Waals surface area (Å²) in [6, 6.07) is 4.42. The van der Waals surface area contributed by atoms with Crippen molar-refractivity contribution in [2.75, 3.05) is 36.8 Å². The van der Waals surface area contributed by atoms with Gasteiger partial charge in [-0.1, -0.05) is 18.5 Å². The number of nitrogen functional groups attached to an aromatic ring is 1. The van der Waals surface area contributed by atoms with Gasteiger partial charge in [-0.2, -0.15) is 0 Å². The number of hydrogen-bond donors (Lipinski definition) is 2. The molecule has 0 unspecified atom stereocenters. The van der Waals surface area contributed by atoms with E-state index in [-0.39, 0.29) is 11.7 Å². The molecule has 1 amide bonds. The molecule has 2 atom stereocenters. The average molecular weight is 524 g/mol. The number of carbonyl (C=O) groups excluding carboxylic acids is 1. The number of piperazine rings is 1. The number of piperidine rings is 1. The Hall–Kier alpha value is -3.24. The molecule has 3 aromatic heterocycles. The fourth-order valence-electron chi connectivity index (χ4n) is 5.65. The largest absolute Gasteiger partial charge is 0.383 e. The first kappa shape index (κ1) is 25.4. The first-order valence-corrected chi connectivity index (χ1v) is 13.3. The number of imidazole rings is 1. The summed E-state index contributed by atoms with van der Waals surface area (Å²) in [7, 11) is 0. The molecule has 2 saturated heterocycles. The highest BCUT2D eigenvalue weighted by Gasteiger charge is 2.38. The van der Waals surface area contributed by atoms with Crippen LogP contribution in [-0.2, 0) is 0 Å². The van der Waals surface area contributed by atoms with Gasteiger partial charge in [0.05, 0.1) is 17.5 Å². The number of nitrogens with zero attached hydrogens (tertiary/aromatic N) is 7. The summed E-state index contributed by atoms with van der Waals surface area (Å²) in [5.41, 5.74) is 8.04. The van der Waals surface area contributed by atoms with Crippen LogP contribution in [0.25, 0.3) is 11.5 Å². The number of carbonyl (C=O) groups is 1. The van der Waals surface area contributed by atoms with E-state index in [1.807, 2.05) is 11.8 Å². The molecular formula is C26H34ClN9O. The first-order chi connectivity index (χ1) is 17.9. The average Bonchev–Trinajstić information content (AvgIpc) is 3.44. The van der Waals surface area contributed by atoms with Gasteiger partial charge in [0.15, 0.2) is 5.82 Å². The van der Waals surface area contributed by atoms with Crippen molar-refractivity contribution < 1.29 is 4.79 Å². The summed E-state index contributed by atoms with van der Waals surface area (Å²) in [5, 5.41) is 0.293. The molecule has 0 saturated carbocycles. The van der Waals surface area contributed by atoms with E-state index in [0.717, 1.165) is 55.4 Å². The van der Waals surface area contributed by atoms with Gasteiger partial charge < -0.3 is 20.5 Å². The molecule has 3 N–H and O–H groups in total. The van der Waals surface area contributed by atoms with Crippen molar-refractivity contribution in [3.8, 4) is 11.5 Å². The predicted octanol–water partition coefficient (Wildman–Crippen LogP) is 3.40. The zero-order valence-electron chi connectivity index (χ0n) is 21.6. The van der Waals surface area contributed by atoms with E-state index in [2.05, 4.69) is 38.6 Å². The maximum absolute atomic E-state index is 13.0. The molecule has 0 bridgehead atoms. The van der Waals surface area contributed by atoms with E-state index in [1.54, 1.807) is 30.7 Å². The summed E-state index contributed by atoms with van der Waals surface area (Å²) in [6.07, 6.45) is 8.23. The molecule has 5 rings (SSSR count). The van der Waals surface area contributed by atoms with Gasteiger partial charge in [-0.25, -0.2) is 19.9 Å². The Morgan fingerprint density at radius 3 is 2.62 bits per heavy atom. The third-order valence-corrected chi connectivity index (χ3v) is 7.84. The van der Waals surface area contributed by atoms with E-state index in [0.29, 0.717) is 41.9 Å². The Kier molecular flexibility index (Phi) is 7.30. The number of nitrogens with one attached hydrogen (secondary N) is 1. The van der Waals surface area contributed by atoms with Gasteiger partial charge in [-0.05, 0) is 45.2 Å². The number of aromatic amines is 1. The van der Waals surface area contributed by atoms with Crippen molar-refractivity contribution in [1.29, 1.82) is 0 Å². The second-order valence-electron chi connectivity index (χ2n) is 9.95. The van der Waals surface area contributed by atoms with Gasteiger partial charge in [0.25, 0.3) is 5.91 Å². The maximum Gasteiger partial charge on any atom is 0.257 e. The molecule has 10 nitrogen and oxygen atoms in total. The molecule has 0 aliphatic carbocycles. The van der Waals surface area contributed by atoms with Crippen LogP contribution >= 0.6 is 11.6 Å². The van der Waals surface area contributed by atoms with Gasteiger partial charge in [-0.15, -0.1) is 0 Å². The lowest BCUT2D eigenvalue weighted by Gasteiger charge is -2.50. The molecule has 2 aliphatic heterocycles. The molecule has 0 aromatic carbocycles. The highest BCUT2D eigenvalue weighted by atomic mass is 35.5. The SMILES string of the molecule is CC[C@H]1CN(c2ncc(-c3ncc[nH]3)nc2C)[C@H](C)CN1C1CCN(C(=O)c2ccc(Cl)nc2N)CC1. The Bertz CT molecular complexity index is 1240. The fourth-order valence-corrected chi connectivity index (χ4v) is 5.80. The second kappa shape index (κ2) is 10.6. The van der Waals surface area contributed by atoms with Crippen LogP contribution in [0.2, 0.25) is 5.15 Å². The molecule has 2 fully saturated rings. The minimum Gasteiger partial charge on any atom is -0.383 e. The lowest BCUT2D eigenvalue weighted by molar-refractivity contribution is 0.0435. The fraction of sp³-hybridized carbons (Fsp3) is 0.500. The van der Waals surface area contributed by atoms with Gasteiger partial charge in [0, 0.05) is 56.7 Å². The van der Waals surface area contributed by atoms with E-state index < -0.39 is 0 Å². The highest BCUT2D eigenvalue weighted by Crippen LogP contribution is 2.30. The van der Waals surface area contributed by atoms with Gasteiger partial charge in [0.2, 0.25) is 0 Å². The first-order valence-electron chi connectivity index (χ1n) is 12.9. The third kappa shape index (κ3) is 5.13. The van der Waals surface area contributed by atoms with Crippen LogP contribution in [0.15, 0.2) is 30.7 Å². The number of pyridine rings is 1. The number of rotatable bonds is 5. The molecule has 0 radical (unpaired) electrons. The van der Waals surface area contributed by atoms with E-state index in [4.69, 9.17) is 27.3 Å². The van der Waals surface area contributed by atoms with Crippen LogP contribution in [0, 0.1) is 6.92 Å². The Labute approximate surface area is 222 Å². The number of halogens is 1. The van der Waals surface area contributed by atoms with Crippen molar-refractivity contribution >= 4 is 29.1 Å². The lowest BCUT2D eigenvalue weighted by atomic mass is 9.96. The molecule has 11 heteroatoms. The highest BCUT2D eigenvalue weighted by molar-refractivity contribution is 6.29. The van der Waals surface area contributed by atoms with Crippen LogP contribution in [0.4, 0.5) is 11.6 Å². The van der Waals surface area contributed by atoms with Crippen LogP contribution in [-0.4, -0.2) is 84.9 Å². The van der Waals surface area contributed by atoms with Crippen LogP contribution in [0.3, 0.4) is 0 Å². The van der Waals surface area contributed by atoms with Crippen molar-refractivity contribution in [3.05, 3.63) is 47.1 Å². The van der Waals surface area contributed by atoms with Crippen molar-refractivity contribution in [1.82, 2.24) is 34.7 Å². The smallest absolute Gasteiger partial charge is 0.257 e. The van der Waals surface area contributed by atoms with E-state index in [1.165, 1.54) is 0 Å². The van der Waals surface area contributed by atoms with Crippen LogP contribution in [0.1, 0.15) is 49.2 Å². The molecule has 0 spiro atoms. The zero-order chi connectivity index (χ0) is 26.1. The predicted molar refractivity (Wildman–Crippen MR) is 145 cm³/mol. The topological polar surface area (TPSA) is 120 Å². The summed E-state index contributed by atoms with van der Waals surface area (Å²) in [4.78, 5) is 41.0. The van der Waals surface area contributed by atoms with Crippen molar-refractivity contribution in [3.63, 3.8) is 0 Å².